The van der Waals surface area contributed by atoms with Crippen LogP contribution in [-0.4, -0.2) is 76.9 Å². The number of aliphatic carboxylic acids is 1. The van der Waals surface area contributed by atoms with Crippen LogP contribution < -0.4 is 16.4 Å². The van der Waals surface area contributed by atoms with E-state index in [4.69, 9.17) is 5.73 Å². The van der Waals surface area contributed by atoms with Crippen LogP contribution in [0.4, 0.5) is 0 Å². The Bertz CT molecular complexity index is 965. The van der Waals surface area contributed by atoms with Gasteiger partial charge in [0, 0.05) is 30.4 Å². The zero-order valence-corrected chi connectivity index (χ0v) is 22.1. The Labute approximate surface area is 218 Å². The minimum Gasteiger partial charge on any atom is -0.480 e. The second-order valence-electron chi connectivity index (χ2n) is 9.23. The molecule has 1 amide bonds. The molecule has 2 aromatic carbocycles. The smallest absolute Gasteiger partial charge is 0.326 e. The highest BCUT2D eigenvalue weighted by molar-refractivity contribution is 7.98. The zero-order chi connectivity index (χ0) is 25.2. The van der Waals surface area contributed by atoms with E-state index in [-0.39, 0.29) is 30.6 Å². The molecule has 0 radical (unpaired) electrons. The van der Waals surface area contributed by atoms with Crippen LogP contribution in [0.3, 0.4) is 0 Å². The molecule has 3 rings (SSSR count). The number of thiol groups is 1. The molecule has 2 aromatic rings. The first kappa shape index (κ1) is 27.8. The summed E-state index contributed by atoms with van der Waals surface area (Å²) in [4.78, 5) is 27.1. The Morgan fingerprint density at radius 1 is 1.29 bits per heavy atom. The highest BCUT2D eigenvalue weighted by atomic mass is 32.2. The average molecular weight is 519 g/mol. The first-order chi connectivity index (χ1) is 16.9. The van der Waals surface area contributed by atoms with E-state index in [1.165, 1.54) is 0 Å². The summed E-state index contributed by atoms with van der Waals surface area (Å²) in [6.45, 7) is 1.62. The number of nitrogens with one attached hydrogen (secondary N) is 2. The number of hydrogen-bond acceptors (Lipinski definition) is 7. The SMILES string of the molecule is CSCCC(NC(=O)CN(Cc1cccc2ccccc12)C(CC(N)CS)[C@@H]1CCCN1)C(=O)O. The molecule has 7 nitrogen and oxygen atoms in total. The van der Waals surface area contributed by atoms with E-state index in [1.54, 1.807) is 11.8 Å². The predicted octanol–water partition coefficient (Wildman–Crippen LogP) is 2.73. The minimum atomic E-state index is -1.00. The molecule has 35 heavy (non-hydrogen) atoms. The van der Waals surface area contributed by atoms with Crippen molar-refractivity contribution in [3.05, 3.63) is 48.0 Å². The zero-order valence-electron chi connectivity index (χ0n) is 20.4. The van der Waals surface area contributed by atoms with Gasteiger partial charge in [-0.1, -0.05) is 42.5 Å². The Hall–Kier alpha value is -1.78. The third-order valence-corrected chi connectivity index (χ3v) is 7.77. The Morgan fingerprint density at radius 3 is 2.74 bits per heavy atom. The van der Waals surface area contributed by atoms with Gasteiger partial charge in [-0.3, -0.25) is 9.69 Å². The maximum absolute atomic E-state index is 13.2. The van der Waals surface area contributed by atoms with Crippen molar-refractivity contribution in [3.8, 4) is 0 Å². The normalized spacial score (nSPS) is 18.5. The lowest BCUT2D eigenvalue weighted by atomic mass is 9.96. The van der Waals surface area contributed by atoms with Gasteiger partial charge in [0.2, 0.25) is 5.91 Å². The molecule has 1 aliphatic heterocycles. The van der Waals surface area contributed by atoms with E-state index >= 15 is 0 Å². The number of hydrogen-bond donors (Lipinski definition) is 5. The van der Waals surface area contributed by atoms with Gasteiger partial charge in [-0.05, 0) is 60.6 Å². The van der Waals surface area contributed by atoms with Crippen molar-refractivity contribution in [2.75, 3.05) is 30.9 Å². The van der Waals surface area contributed by atoms with Crippen molar-refractivity contribution in [2.24, 2.45) is 5.73 Å². The third kappa shape index (κ3) is 8.11. The van der Waals surface area contributed by atoms with Crippen molar-refractivity contribution >= 4 is 47.0 Å². The third-order valence-electron chi connectivity index (χ3n) is 6.65. The van der Waals surface area contributed by atoms with Gasteiger partial charge in [0.25, 0.3) is 0 Å². The van der Waals surface area contributed by atoms with Gasteiger partial charge in [0.05, 0.1) is 6.54 Å². The van der Waals surface area contributed by atoms with Gasteiger partial charge >= 0.3 is 5.97 Å². The monoisotopic (exact) mass is 518 g/mol. The topological polar surface area (TPSA) is 108 Å². The summed E-state index contributed by atoms with van der Waals surface area (Å²) in [5.74, 6) is -0.0457. The van der Waals surface area contributed by atoms with Crippen LogP contribution in [-0.2, 0) is 16.1 Å². The Balaban J connectivity index is 1.88. The lowest BCUT2D eigenvalue weighted by Crippen LogP contribution is -2.54. The van der Waals surface area contributed by atoms with Crippen molar-refractivity contribution < 1.29 is 14.7 Å². The molecule has 0 bridgehead atoms. The standard InChI is InChI=1S/C26H38N4O3S2/c1-35-13-11-23(26(32)33)29-25(31)16-30(24(14-20(27)17-34)22-10-5-12-28-22)15-19-8-4-7-18-6-2-3-9-21(18)19/h2-4,6-9,20,22-24,28,34H,5,10-17,27H2,1H3,(H,29,31)(H,32,33)/t20?,22-,23?,24?/m0/s1. The molecule has 3 unspecified atom stereocenters. The quantitative estimate of drug-likeness (QED) is 0.245. The van der Waals surface area contributed by atoms with Crippen LogP contribution in [0.25, 0.3) is 10.8 Å². The molecule has 0 aliphatic carbocycles. The molecule has 5 N–H and O–H groups in total. The lowest BCUT2D eigenvalue weighted by molar-refractivity contribution is -0.142. The number of nitrogens with zero attached hydrogens (tertiary/aromatic N) is 1. The van der Waals surface area contributed by atoms with Gasteiger partial charge in [-0.25, -0.2) is 4.79 Å². The minimum absolute atomic E-state index is 0.0267. The van der Waals surface area contributed by atoms with Crippen LogP contribution in [0, 0.1) is 0 Å². The Kier molecular flexibility index (Phi) is 11.2. The predicted molar refractivity (Wildman–Crippen MR) is 148 cm³/mol. The fourth-order valence-electron chi connectivity index (χ4n) is 4.85. The maximum Gasteiger partial charge on any atom is 0.326 e. The van der Waals surface area contributed by atoms with E-state index < -0.39 is 12.0 Å². The summed E-state index contributed by atoms with van der Waals surface area (Å²) in [5, 5.41) is 18.3. The first-order valence-corrected chi connectivity index (χ1v) is 14.3. The summed E-state index contributed by atoms with van der Waals surface area (Å²) in [5.41, 5.74) is 7.49. The molecule has 1 fully saturated rings. The number of carbonyl (C=O) groups is 2. The van der Waals surface area contributed by atoms with Crippen LogP contribution in [0.5, 0.6) is 0 Å². The van der Waals surface area contributed by atoms with E-state index in [0.29, 0.717) is 30.9 Å². The molecule has 0 aromatic heterocycles. The van der Waals surface area contributed by atoms with Crippen molar-refractivity contribution in [2.45, 2.75) is 56.4 Å². The van der Waals surface area contributed by atoms with Gasteiger partial charge in [-0.2, -0.15) is 24.4 Å². The lowest BCUT2D eigenvalue weighted by Gasteiger charge is -2.37. The summed E-state index contributed by atoms with van der Waals surface area (Å²) in [6, 6.07) is 13.7. The first-order valence-electron chi connectivity index (χ1n) is 12.2. The average Bonchev–Trinajstić information content (AvgIpc) is 3.39. The van der Waals surface area contributed by atoms with Crippen molar-refractivity contribution in [1.82, 2.24) is 15.5 Å². The van der Waals surface area contributed by atoms with E-state index in [1.807, 2.05) is 24.5 Å². The van der Waals surface area contributed by atoms with E-state index in [0.717, 1.165) is 35.7 Å². The number of benzene rings is 2. The highest BCUT2D eigenvalue weighted by Crippen LogP contribution is 2.25. The van der Waals surface area contributed by atoms with Gasteiger partial charge in [0.1, 0.15) is 6.04 Å². The molecule has 1 heterocycles. The molecule has 1 aliphatic rings. The number of amides is 1. The molecule has 0 saturated carbocycles. The second kappa shape index (κ2) is 14.1. The van der Waals surface area contributed by atoms with Crippen LogP contribution in [0.2, 0.25) is 0 Å². The molecule has 4 atom stereocenters. The number of nitrogens with two attached hydrogens (primary N) is 1. The second-order valence-corrected chi connectivity index (χ2v) is 10.6. The van der Waals surface area contributed by atoms with Crippen molar-refractivity contribution in [3.63, 3.8) is 0 Å². The van der Waals surface area contributed by atoms with Gasteiger partial charge < -0.3 is 21.5 Å². The van der Waals surface area contributed by atoms with Crippen LogP contribution in [0.15, 0.2) is 42.5 Å². The Morgan fingerprint density at radius 2 is 2.06 bits per heavy atom. The molecule has 0 spiro atoms. The van der Waals surface area contributed by atoms with Crippen molar-refractivity contribution in [1.29, 1.82) is 0 Å². The molecular weight excluding hydrogens is 480 g/mol. The highest BCUT2D eigenvalue weighted by Gasteiger charge is 2.33. The van der Waals surface area contributed by atoms with Gasteiger partial charge in [-0.15, -0.1) is 0 Å². The molecule has 1 saturated heterocycles. The largest absolute Gasteiger partial charge is 0.480 e. The number of carboxylic acids is 1. The summed E-state index contributed by atoms with van der Waals surface area (Å²) >= 11 is 5.98. The molecule has 9 heteroatoms. The van der Waals surface area contributed by atoms with Gasteiger partial charge in [0.15, 0.2) is 0 Å². The number of rotatable bonds is 14. The van der Waals surface area contributed by atoms with Crippen LogP contribution >= 0.6 is 24.4 Å². The number of thioether (sulfide) groups is 1. The molecular formula is C26H38N4O3S2. The fraction of sp³-hybridized carbons (Fsp3) is 0.538. The summed E-state index contributed by atoms with van der Waals surface area (Å²) < 4.78 is 0. The number of carboxylic acid groups (broad SMARTS) is 1. The summed E-state index contributed by atoms with van der Waals surface area (Å²) in [7, 11) is 0. The number of carbonyl (C=O) groups excluding carboxylic acids is 1. The van der Waals surface area contributed by atoms with E-state index in [9.17, 15) is 14.7 Å². The summed E-state index contributed by atoms with van der Waals surface area (Å²) in [6.07, 6.45) is 5.12. The fourth-order valence-corrected chi connectivity index (χ4v) is 5.47. The number of fused-ring (bicyclic) bond motifs is 1. The molecule has 192 valence electrons. The van der Waals surface area contributed by atoms with E-state index in [2.05, 4.69) is 52.4 Å². The maximum atomic E-state index is 13.2. The van der Waals surface area contributed by atoms with Crippen LogP contribution in [0.1, 0.15) is 31.2 Å².